The van der Waals surface area contributed by atoms with Gasteiger partial charge in [0.15, 0.2) is 0 Å². The van der Waals surface area contributed by atoms with Crippen molar-refractivity contribution in [1.29, 1.82) is 0 Å². The smallest absolute Gasteiger partial charge is 0.399 e. The quantitative estimate of drug-likeness (QED) is 0.105. The van der Waals surface area contributed by atoms with Crippen LogP contribution in [0.15, 0.2) is 36.7 Å². The number of hydrogen-bond donors (Lipinski definition) is 0. The van der Waals surface area contributed by atoms with Gasteiger partial charge in [-0.2, -0.15) is 0 Å². The molecule has 0 aromatic carbocycles. The summed E-state index contributed by atoms with van der Waals surface area (Å²) >= 11 is 0. The molecule has 1 saturated heterocycles. The minimum Gasteiger partial charge on any atom is -0.399 e. The summed E-state index contributed by atoms with van der Waals surface area (Å²) in [6.07, 6.45) is -21.2. The molecule has 0 aliphatic carbocycles. The van der Waals surface area contributed by atoms with Crippen LogP contribution in [0.2, 0.25) is 0 Å². The summed E-state index contributed by atoms with van der Waals surface area (Å²) in [4.78, 5) is 9.16. The zero-order chi connectivity index (χ0) is 54.3. The SMILES string of the molecule is CC(C)(C)c1ccc(-c2ccc(B3OC(C)(C)C(C)(C)O3)cn2)cn1.[B][B]B(B([B])[B])B(B(B([B])[B])B([B])[B])B(B(B(B([B])[B])B([B])[B])B(B([B])[B])B([B])[B])B(B(B([B])[B])B([B])[B])B(B([B])[B])B([B])[B]. The van der Waals surface area contributed by atoms with Crippen molar-refractivity contribution in [2.75, 3.05) is 0 Å². The van der Waals surface area contributed by atoms with Gasteiger partial charge in [0.25, 0.3) is 0 Å². The average Bonchev–Trinajstić information content (AvgIpc) is 3.42. The zero-order valence-electron chi connectivity index (χ0n) is 42.2. The number of rotatable bonds is 23. The summed E-state index contributed by atoms with van der Waals surface area (Å²) in [6.45, 7) is 14.7. The van der Waals surface area contributed by atoms with E-state index in [2.05, 4.69) is 70.6 Å². The molecule has 0 saturated carbocycles. The summed E-state index contributed by atoms with van der Waals surface area (Å²) in [5.41, 5.74) is 3.27. The molecule has 0 unspecified atom stereocenters. The van der Waals surface area contributed by atoms with Crippen LogP contribution in [-0.2, 0) is 14.7 Å². The Kier molecular flexibility index (Phi) is 27.6. The van der Waals surface area contributed by atoms with Gasteiger partial charge in [-0.1, -0.05) is 26.8 Å². The van der Waals surface area contributed by atoms with Crippen LogP contribution < -0.4 is 5.46 Å². The Morgan fingerprint density at radius 3 is 1.00 bits per heavy atom. The third-order valence-corrected chi connectivity index (χ3v) is 14.3. The molecule has 0 atom stereocenters. The predicted octanol–water partition coefficient (Wildman–Crippen LogP) is -13.4. The molecule has 0 amide bonds. The average molecular weight is 825 g/mol. The first-order valence-corrected chi connectivity index (χ1v) is 23.4. The van der Waals surface area contributed by atoms with Crippen LogP contribution in [0.1, 0.15) is 54.2 Å². The van der Waals surface area contributed by atoms with Gasteiger partial charge >= 0.3 is 7.12 Å². The third-order valence-electron chi connectivity index (χ3n) is 14.3. The first kappa shape index (κ1) is 67.3. The number of nitrogens with zero attached hydrogens (tertiary/aromatic N) is 2. The van der Waals surface area contributed by atoms with E-state index in [0.29, 0.717) is 0 Å². The molecule has 0 spiro atoms. The first-order valence-electron chi connectivity index (χ1n) is 23.4. The van der Waals surface area contributed by atoms with Crippen LogP contribution in [0.3, 0.4) is 0 Å². The minimum atomic E-state index is -1.27. The molecule has 1 fully saturated rings. The van der Waals surface area contributed by atoms with Gasteiger partial charge in [-0.05, 0) is 45.9 Å². The lowest BCUT2D eigenvalue weighted by Gasteiger charge is -2.56. The molecule has 0 bridgehead atoms. The molecule has 267 valence electrons. The van der Waals surface area contributed by atoms with Crippen molar-refractivity contribution in [2.24, 2.45) is 0 Å². The maximum absolute atomic E-state index is 6.35. The van der Waals surface area contributed by atoms with Crippen LogP contribution in [0.5, 0.6) is 0 Å². The van der Waals surface area contributed by atoms with Crippen molar-refractivity contribution < 1.29 is 9.31 Å². The van der Waals surface area contributed by atoms with Gasteiger partial charge in [-0.25, -0.2) is 0 Å². The van der Waals surface area contributed by atoms with Crippen molar-refractivity contribution >= 4 is 332 Å². The van der Waals surface area contributed by atoms with Crippen molar-refractivity contribution in [3.63, 3.8) is 0 Å². The molecule has 1 aliphatic rings. The fraction of sp³-hybridized carbons (Fsp3) is 0.500. The van der Waals surface area contributed by atoms with E-state index in [4.69, 9.17) is 187 Å². The Balaban J connectivity index is 0.000000559. The minimum absolute atomic E-state index is 0.0482. The van der Waals surface area contributed by atoms with Gasteiger partial charge in [0.1, 0.15) is 0 Å². The molecule has 2 aromatic heterocycles. The van der Waals surface area contributed by atoms with Crippen LogP contribution >= 0.6 is 0 Å². The molecule has 0 N–H and O–H groups in total. The molecule has 50 heteroatoms. The topological polar surface area (TPSA) is 44.2 Å². The lowest BCUT2D eigenvalue weighted by atomic mass is 8.26. The molecule has 3 rings (SSSR count). The third kappa shape index (κ3) is 17.4. The second kappa shape index (κ2) is 28.7. The summed E-state index contributed by atoms with van der Waals surface area (Å²) in [5.74, 6) is 0. The predicted molar refractivity (Wildman–Crippen MR) is 361 cm³/mol. The fourth-order valence-electron chi connectivity index (χ4n) is 10.1. The van der Waals surface area contributed by atoms with Gasteiger partial charge in [0.2, 0.25) is 0 Å². The zero-order valence-corrected chi connectivity index (χ0v) is 42.2. The van der Waals surface area contributed by atoms with E-state index in [1.54, 1.807) is 0 Å². The maximum Gasteiger partial charge on any atom is 0.496 e. The standard InChI is InChI=1S/C20H27BN2O2.B45/c1-18(2,3)17-11-8-14(12-23-17)16-10-9-15(13-22-16)21-24-19(4,5)20(6,7)25-21;1-24-36(25(2)3)42(37(26(4)5)27(6)7)45(43(38(28(8)9)29(10)11)39(30(12)13)31(14)15)44(40(32(16)17)33(18)19)41(34(20)21)35(22)23/h8-13H,1-7H3;. The fourth-order valence-corrected chi connectivity index (χ4v) is 10.1. The molecular weight excluding hydrogens is 798 g/mol. The van der Waals surface area contributed by atoms with Gasteiger partial charge in [-0.15, -0.1) is 0 Å². The van der Waals surface area contributed by atoms with E-state index in [1.165, 1.54) is 7.06 Å². The first-order chi connectivity index (χ1) is 32.0. The molecule has 2 aromatic rings. The maximum atomic E-state index is 6.35. The number of hydrogen-bond acceptors (Lipinski definition) is 4. The van der Waals surface area contributed by atoms with Gasteiger partial charge in [0.05, 0.1) is 16.9 Å². The summed E-state index contributed by atoms with van der Waals surface area (Å²) < 4.78 is 12.1. The Labute approximate surface area is 466 Å². The lowest BCUT2D eigenvalue weighted by molar-refractivity contribution is 0.00578. The van der Waals surface area contributed by atoms with Crippen LogP contribution in [-0.4, -0.2) is 347 Å². The van der Waals surface area contributed by atoms with Gasteiger partial charge < -0.3 is 9.31 Å². The summed E-state index contributed by atoms with van der Waals surface area (Å²) in [6, 6.07) is 8.15. The van der Waals surface area contributed by atoms with Crippen molar-refractivity contribution in [2.45, 2.75) is 65.1 Å². The normalized spacial score (nSPS) is 13.0. The Bertz CT molecular complexity index is 1670. The van der Waals surface area contributed by atoms with E-state index in [9.17, 15) is 0 Å². The Hall–Kier alpha value is 1.21. The molecular formula is C20H27B46N2O2. The number of aromatic nitrogens is 2. The second-order valence-electron chi connectivity index (χ2n) is 21.1. The highest BCUT2D eigenvalue weighted by Crippen LogP contribution is 2.36. The molecule has 70 heavy (non-hydrogen) atoms. The van der Waals surface area contributed by atoms with Crippen LogP contribution in [0.4, 0.5) is 0 Å². The van der Waals surface area contributed by atoms with E-state index in [0.717, 1.165) is 22.4 Å². The lowest BCUT2D eigenvalue weighted by Crippen LogP contribution is -2.94. The molecule has 4 nitrogen and oxygen atoms in total. The van der Waals surface area contributed by atoms with Gasteiger partial charge in [-0.3, -0.25) is 9.97 Å². The van der Waals surface area contributed by atoms with E-state index >= 15 is 0 Å². The molecule has 1 aliphatic heterocycles. The Morgan fingerprint density at radius 2 is 0.757 bits per heavy atom. The van der Waals surface area contributed by atoms with Gasteiger partial charge in [0, 0.05) is 354 Å². The Morgan fingerprint density at radius 1 is 0.429 bits per heavy atom. The van der Waals surface area contributed by atoms with Crippen LogP contribution in [0.25, 0.3) is 11.3 Å². The summed E-state index contributed by atoms with van der Waals surface area (Å²) in [5, 5.41) is 0. The molecule has 47 radical (unpaired) electrons. The largest absolute Gasteiger partial charge is 0.496 e. The van der Waals surface area contributed by atoms with Crippen LogP contribution in [0, 0.1) is 0 Å². The summed E-state index contributed by atoms with van der Waals surface area (Å²) in [7, 11) is 147. The highest BCUT2D eigenvalue weighted by atomic mass is 16.7. The second-order valence-corrected chi connectivity index (χ2v) is 21.1. The van der Waals surface area contributed by atoms with Crippen molar-refractivity contribution in [3.05, 3.63) is 42.4 Å². The highest BCUT2D eigenvalue weighted by Gasteiger charge is 2.59. The highest BCUT2D eigenvalue weighted by molar-refractivity contribution is 8.34. The van der Waals surface area contributed by atoms with Crippen molar-refractivity contribution in [1.82, 2.24) is 9.97 Å². The van der Waals surface area contributed by atoms with E-state index in [1.807, 2.05) is 24.5 Å². The van der Waals surface area contributed by atoms with Crippen molar-refractivity contribution in [3.8, 4) is 11.3 Å². The van der Waals surface area contributed by atoms with E-state index < -0.39 is 134 Å². The van der Waals surface area contributed by atoms with E-state index in [-0.39, 0.29) is 23.7 Å². The number of pyridine rings is 2. The monoisotopic (exact) mass is 834 g/mol. The molecule has 3 heterocycles.